The quantitative estimate of drug-likeness (QED) is 0.833. The first kappa shape index (κ1) is 12.0. The largest absolute Gasteiger partial charge is 0.494 e. The molecular weight excluding hydrogens is 350 g/mol. The van der Waals surface area contributed by atoms with Gasteiger partial charge in [-0.3, -0.25) is 0 Å². The van der Waals surface area contributed by atoms with Gasteiger partial charge < -0.3 is 14.8 Å². The highest BCUT2D eigenvalue weighted by Gasteiger charge is 2.37. The Bertz CT molecular complexity index is 464. The topological polar surface area (TPSA) is 30.5 Å². The Kier molecular flexibility index (Phi) is 3.19. The molecule has 0 aliphatic carbocycles. The Labute approximate surface area is 117 Å². The number of halogens is 2. The average molecular weight is 363 g/mol. The van der Waals surface area contributed by atoms with Gasteiger partial charge in [-0.05, 0) is 49.1 Å². The monoisotopic (exact) mass is 361 g/mol. The molecule has 1 N–H and O–H groups in total. The molecule has 3 rings (SSSR count). The van der Waals surface area contributed by atoms with Gasteiger partial charge in [-0.15, -0.1) is 0 Å². The molecule has 0 aromatic heterocycles. The van der Waals surface area contributed by atoms with Crippen LogP contribution in [-0.2, 0) is 11.3 Å². The fourth-order valence-corrected chi connectivity index (χ4v) is 4.51. The van der Waals surface area contributed by atoms with Crippen molar-refractivity contribution in [1.29, 1.82) is 0 Å². The van der Waals surface area contributed by atoms with Crippen molar-refractivity contribution < 1.29 is 9.47 Å². The Hall–Kier alpha value is -0.100. The lowest BCUT2D eigenvalue weighted by Gasteiger charge is -2.30. The van der Waals surface area contributed by atoms with E-state index in [9.17, 15) is 0 Å². The van der Waals surface area contributed by atoms with Gasteiger partial charge in [0.2, 0.25) is 0 Å². The van der Waals surface area contributed by atoms with Crippen LogP contribution in [0.3, 0.4) is 0 Å². The van der Waals surface area contributed by atoms with E-state index in [0.717, 1.165) is 27.8 Å². The van der Waals surface area contributed by atoms with Crippen LogP contribution in [0.25, 0.3) is 0 Å². The van der Waals surface area contributed by atoms with Crippen LogP contribution in [0, 0.1) is 0 Å². The maximum Gasteiger partial charge on any atom is 0.147 e. The van der Waals surface area contributed by atoms with Gasteiger partial charge in [0.05, 0.1) is 28.8 Å². The van der Waals surface area contributed by atoms with Crippen LogP contribution in [0.4, 0.5) is 0 Å². The highest BCUT2D eigenvalue weighted by molar-refractivity contribution is 9.11. The number of rotatable bonds is 1. The zero-order chi connectivity index (χ0) is 12.0. The van der Waals surface area contributed by atoms with Crippen molar-refractivity contribution in [3.05, 3.63) is 26.1 Å². The Morgan fingerprint density at radius 2 is 2.24 bits per heavy atom. The molecule has 1 aromatic carbocycles. The van der Waals surface area contributed by atoms with Gasteiger partial charge in [0.1, 0.15) is 5.75 Å². The first-order valence-electron chi connectivity index (χ1n) is 5.59. The molecule has 2 aliphatic heterocycles. The lowest BCUT2D eigenvalue weighted by molar-refractivity contribution is 0.0295. The first-order valence-corrected chi connectivity index (χ1v) is 7.18. The summed E-state index contributed by atoms with van der Waals surface area (Å²) in [5, 5.41) is 3.39. The Morgan fingerprint density at radius 1 is 1.41 bits per heavy atom. The molecule has 2 atom stereocenters. The summed E-state index contributed by atoms with van der Waals surface area (Å²) in [5.74, 6) is 1.30. The van der Waals surface area contributed by atoms with Crippen LogP contribution < -0.4 is 10.1 Å². The van der Waals surface area contributed by atoms with Crippen molar-refractivity contribution in [2.75, 3.05) is 20.2 Å². The summed E-state index contributed by atoms with van der Waals surface area (Å²) in [6.07, 6.45) is 0.296. The summed E-state index contributed by atoms with van der Waals surface area (Å²) in [7, 11) is 1.70. The van der Waals surface area contributed by atoms with E-state index in [1.807, 2.05) is 0 Å². The van der Waals surface area contributed by atoms with Gasteiger partial charge >= 0.3 is 0 Å². The number of nitrogens with one attached hydrogen (secondary N) is 1. The van der Waals surface area contributed by atoms with Gasteiger partial charge in [0.15, 0.2) is 0 Å². The number of hydrogen-bond donors (Lipinski definition) is 1. The number of ether oxygens (including phenoxy) is 2. The standard InChI is InChI=1S/C12H13Br2NO2/c1-16-12-8(13)2-6-5-17-9-4-15-3-7(9)10(6)11(12)14/h2,7,9,15H,3-5H2,1H3. The molecule has 0 spiro atoms. The zero-order valence-corrected chi connectivity index (χ0v) is 12.6. The molecule has 3 nitrogen and oxygen atoms in total. The molecule has 2 heterocycles. The van der Waals surface area contributed by atoms with Crippen molar-refractivity contribution in [2.45, 2.75) is 18.6 Å². The molecule has 92 valence electrons. The van der Waals surface area contributed by atoms with Crippen molar-refractivity contribution in [2.24, 2.45) is 0 Å². The van der Waals surface area contributed by atoms with Crippen molar-refractivity contribution in [1.82, 2.24) is 5.32 Å². The zero-order valence-electron chi connectivity index (χ0n) is 9.43. The minimum absolute atomic E-state index is 0.296. The van der Waals surface area contributed by atoms with E-state index in [1.165, 1.54) is 11.1 Å². The average Bonchev–Trinajstić information content (AvgIpc) is 2.76. The summed E-state index contributed by atoms with van der Waals surface area (Å²) in [6.45, 7) is 2.59. The highest BCUT2D eigenvalue weighted by atomic mass is 79.9. The van der Waals surface area contributed by atoms with Crippen LogP contribution in [0.15, 0.2) is 15.0 Å². The van der Waals surface area contributed by atoms with Gasteiger partial charge in [-0.2, -0.15) is 0 Å². The molecule has 5 heteroatoms. The molecule has 2 aliphatic rings. The molecule has 0 bridgehead atoms. The summed E-state index contributed by atoms with van der Waals surface area (Å²) in [5.41, 5.74) is 2.58. The van der Waals surface area contributed by atoms with Crippen molar-refractivity contribution >= 4 is 31.9 Å². The third-order valence-electron chi connectivity index (χ3n) is 3.49. The normalized spacial score (nSPS) is 26.5. The second-order valence-electron chi connectivity index (χ2n) is 4.39. The highest BCUT2D eigenvalue weighted by Crippen LogP contribution is 2.45. The van der Waals surface area contributed by atoms with Crippen LogP contribution in [0.1, 0.15) is 17.0 Å². The molecule has 0 saturated carbocycles. The fourth-order valence-electron chi connectivity index (χ4n) is 2.69. The maximum absolute atomic E-state index is 5.87. The van der Waals surface area contributed by atoms with Crippen LogP contribution in [0.5, 0.6) is 5.75 Å². The van der Waals surface area contributed by atoms with Gasteiger partial charge in [-0.25, -0.2) is 0 Å². The summed E-state index contributed by atoms with van der Waals surface area (Å²) in [6, 6.07) is 2.10. The Morgan fingerprint density at radius 3 is 3.00 bits per heavy atom. The fraction of sp³-hybridized carbons (Fsp3) is 0.500. The third-order valence-corrected chi connectivity index (χ3v) is 4.86. The van der Waals surface area contributed by atoms with E-state index in [1.54, 1.807) is 7.11 Å². The molecule has 1 fully saturated rings. The van der Waals surface area contributed by atoms with Crippen LogP contribution in [0.2, 0.25) is 0 Å². The number of methoxy groups -OCH3 is 1. The van der Waals surface area contributed by atoms with E-state index in [-0.39, 0.29) is 0 Å². The number of benzene rings is 1. The summed E-state index contributed by atoms with van der Waals surface area (Å²) >= 11 is 7.21. The second kappa shape index (κ2) is 4.53. The molecule has 0 amide bonds. The number of hydrogen-bond acceptors (Lipinski definition) is 3. The van der Waals surface area contributed by atoms with Gasteiger partial charge in [0, 0.05) is 19.0 Å². The molecule has 0 radical (unpaired) electrons. The molecule has 17 heavy (non-hydrogen) atoms. The van der Waals surface area contributed by atoms with Crippen LogP contribution in [-0.4, -0.2) is 26.3 Å². The number of fused-ring (bicyclic) bond motifs is 3. The minimum atomic E-state index is 0.296. The van der Waals surface area contributed by atoms with E-state index >= 15 is 0 Å². The van der Waals surface area contributed by atoms with Gasteiger partial charge in [-0.1, -0.05) is 0 Å². The van der Waals surface area contributed by atoms with Crippen molar-refractivity contribution in [3.8, 4) is 5.75 Å². The minimum Gasteiger partial charge on any atom is -0.494 e. The second-order valence-corrected chi connectivity index (χ2v) is 6.04. The summed E-state index contributed by atoms with van der Waals surface area (Å²) in [4.78, 5) is 0. The molecular formula is C12H13Br2NO2. The lowest BCUT2D eigenvalue weighted by Crippen LogP contribution is -2.27. The van der Waals surface area contributed by atoms with Gasteiger partial charge in [0.25, 0.3) is 0 Å². The smallest absolute Gasteiger partial charge is 0.147 e. The maximum atomic E-state index is 5.87. The van der Waals surface area contributed by atoms with E-state index in [0.29, 0.717) is 18.6 Å². The predicted molar refractivity (Wildman–Crippen MR) is 72.6 cm³/mol. The van der Waals surface area contributed by atoms with E-state index in [2.05, 4.69) is 43.2 Å². The van der Waals surface area contributed by atoms with E-state index < -0.39 is 0 Å². The first-order chi connectivity index (χ1) is 8.22. The lowest BCUT2D eigenvalue weighted by atomic mass is 9.89. The predicted octanol–water partition coefficient (Wildman–Crippen LogP) is 2.81. The third kappa shape index (κ3) is 1.84. The Balaban J connectivity index is 2.16. The molecule has 1 aromatic rings. The molecule has 2 unspecified atom stereocenters. The van der Waals surface area contributed by atoms with Crippen LogP contribution >= 0.6 is 31.9 Å². The van der Waals surface area contributed by atoms with E-state index in [4.69, 9.17) is 9.47 Å². The summed E-state index contributed by atoms with van der Waals surface area (Å²) < 4.78 is 13.3. The van der Waals surface area contributed by atoms with Crippen molar-refractivity contribution in [3.63, 3.8) is 0 Å². The SMILES string of the molecule is COc1c(Br)cc2c(c1Br)C1CNCC1OC2. The molecule has 1 saturated heterocycles.